The smallest absolute Gasteiger partial charge is 0.142 e. The summed E-state index contributed by atoms with van der Waals surface area (Å²) in [6.45, 7) is 0.777. The number of methoxy groups -OCH3 is 1. The molecule has 0 unspecified atom stereocenters. The van der Waals surface area contributed by atoms with Crippen molar-refractivity contribution in [3.05, 3.63) is 27.7 Å². The van der Waals surface area contributed by atoms with Crippen LogP contribution in [0, 0.1) is 0 Å². The van der Waals surface area contributed by atoms with Gasteiger partial charge in [0.25, 0.3) is 0 Å². The maximum Gasteiger partial charge on any atom is 0.142 e. The van der Waals surface area contributed by atoms with Gasteiger partial charge in [-0.3, -0.25) is 4.99 Å². The van der Waals surface area contributed by atoms with Crippen LogP contribution >= 0.6 is 15.9 Å². The molecule has 0 N–H and O–H groups in total. The van der Waals surface area contributed by atoms with E-state index in [1.807, 2.05) is 12.3 Å². The molecule has 1 aromatic carbocycles. The molecule has 62 valence electrons. The van der Waals surface area contributed by atoms with Crippen LogP contribution in [0.4, 0.5) is 0 Å². The van der Waals surface area contributed by atoms with Crippen molar-refractivity contribution in [2.75, 3.05) is 7.11 Å². The van der Waals surface area contributed by atoms with Gasteiger partial charge in [-0.15, -0.1) is 0 Å². The molecule has 0 radical (unpaired) electrons. The number of benzene rings is 1. The van der Waals surface area contributed by atoms with Gasteiger partial charge < -0.3 is 4.74 Å². The van der Waals surface area contributed by atoms with E-state index in [0.29, 0.717) is 0 Å². The standard InChI is InChI=1S/C9H8BrNO/c1-12-9-7-5-11-4-6(7)2-3-8(9)10/h2-3,5H,4H2,1H3. The van der Waals surface area contributed by atoms with Crippen LogP contribution in [0.25, 0.3) is 0 Å². The van der Waals surface area contributed by atoms with E-state index in [2.05, 4.69) is 27.0 Å². The molecule has 0 bridgehead atoms. The van der Waals surface area contributed by atoms with Crippen LogP contribution in [0.2, 0.25) is 0 Å². The normalized spacial score (nSPS) is 13.2. The van der Waals surface area contributed by atoms with Crippen LogP contribution in [-0.2, 0) is 6.54 Å². The summed E-state index contributed by atoms with van der Waals surface area (Å²) < 4.78 is 6.23. The molecule has 1 aliphatic rings. The Morgan fingerprint density at radius 1 is 1.50 bits per heavy atom. The summed E-state index contributed by atoms with van der Waals surface area (Å²) >= 11 is 3.42. The number of halogens is 1. The lowest BCUT2D eigenvalue weighted by atomic mass is 10.1. The second kappa shape index (κ2) is 2.90. The van der Waals surface area contributed by atoms with Crippen LogP contribution < -0.4 is 4.74 Å². The zero-order valence-electron chi connectivity index (χ0n) is 6.67. The molecule has 0 spiro atoms. The van der Waals surface area contributed by atoms with Gasteiger partial charge in [-0.2, -0.15) is 0 Å². The minimum absolute atomic E-state index is 0.777. The number of hydrogen-bond acceptors (Lipinski definition) is 2. The number of aliphatic imine (C=N–C) groups is 1. The number of fused-ring (bicyclic) bond motifs is 1. The quantitative estimate of drug-likeness (QED) is 0.720. The lowest BCUT2D eigenvalue weighted by Gasteiger charge is -2.06. The average molecular weight is 226 g/mol. The highest BCUT2D eigenvalue weighted by atomic mass is 79.9. The van der Waals surface area contributed by atoms with Gasteiger partial charge in [-0.25, -0.2) is 0 Å². The molecule has 0 aliphatic carbocycles. The van der Waals surface area contributed by atoms with Gasteiger partial charge in [0.1, 0.15) is 5.75 Å². The molecule has 1 heterocycles. The molecule has 0 atom stereocenters. The van der Waals surface area contributed by atoms with Gasteiger partial charge in [-0.05, 0) is 27.6 Å². The molecule has 3 heteroatoms. The summed E-state index contributed by atoms with van der Waals surface area (Å²) in [7, 11) is 1.67. The van der Waals surface area contributed by atoms with Gasteiger partial charge in [0, 0.05) is 11.8 Å². The van der Waals surface area contributed by atoms with Crippen molar-refractivity contribution in [2.24, 2.45) is 4.99 Å². The summed E-state index contributed by atoms with van der Waals surface area (Å²) in [5, 5.41) is 0. The minimum atomic E-state index is 0.777. The molecule has 2 rings (SSSR count). The topological polar surface area (TPSA) is 21.6 Å². The summed E-state index contributed by atoms with van der Waals surface area (Å²) in [4.78, 5) is 4.18. The lowest BCUT2D eigenvalue weighted by Crippen LogP contribution is -1.92. The van der Waals surface area contributed by atoms with Crippen LogP contribution in [0.1, 0.15) is 11.1 Å². The molecule has 0 amide bonds. The zero-order valence-corrected chi connectivity index (χ0v) is 8.26. The van der Waals surface area contributed by atoms with E-state index in [1.165, 1.54) is 5.56 Å². The van der Waals surface area contributed by atoms with Crippen LogP contribution in [0.3, 0.4) is 0 Å². The maximum atomic E-state index is 5.25. The Morgan fingerprint density at radius 3 is 3.08 bits per heavy atom. The molecular weight excluding hydrogens is 218 g/mol. The molecule has 0 aromatic heterocycles. The Hall–Kier alpha value is -0.830. The highest BCUT2D eigenvalue weighted by Crippen LogP contribution is 2.32. The van der Waals surface area contributed by atoms with E-state index >= 15 is 0 Å². The fourth-order valence-electron chi connectivity index (χ4n) is 1.34. The van der Waals surface area contributed by atoms with Crippen molar-refractivity contribution in [1.82, 2.24) is 0 Å². The van der Waals surface area contributed by atoms with Gasteiger partial charge >= 0.3 is 0 Å². The van der Waals surface area contributed by atoms with Crippen molar-refractivity contribution in [3.63, 3.8) is 0 Å². The molecule has 1 aromatic rings. The fourth-order valence-corrected chi connectivity index (χ4v) is 1.84. The van der Waals surface area contributed by atoms with Crippen molar-refractivity contribution in [3.8, 4) is 5.75 Å². The summed E-state index contributed by atoms with van der Waals surface area (Å²) in [5.41, 5.74) is 2.34. The Morgan fingerprint density at radius 2 is 2.33 bits per heavy atom. The van der Waals surface area contributed by atoms with Gasteiger partial charge in [-0.1, -0.05) is 6.07 Å². The highest BCUT2D eigenvalue weighted by Gasteiger charge is 2.13. The van der Waals surface area contributed by atoms with E-state index in [-0.39, 0.29) is 0 Å². The molecule has 12 heavy (non-hydrogen) atoms. The minimum Gasteiger partial charge on any atom is -0.495 e. The Labute approximate surface area is 79.4 Å². The van der Waals surface area contributed by atoms with E-state index in [9.17, 15) is 0 Å². The SMILES string of the molecule is COc1c(Br)ccc2c1C=NC2. The number of rotatable bonds is 1. The molecular formula is C9H8BrNO. The van der Waals surface area contributed by atoms with Crippen LogP contribution in [0.15, 0.2) is 21.6 Å². The third-order valence-electron chi connectivity index (χ3n) is 1.92. The second-order valence-electron chi connectivity index (χ2n) is 2.62. The molecule has 0 fully saturated rings. The van der Waals surface area contributed by atoms with Gasteiger partial charge in [0.15, 0.2) is 0 Å². The van der Waals surface area contributed by atoms with Crippen molar-refractivity contribution < 1.29 is 4.74 Å². The van der Waals surface area contributed by atoms with Crippen LogP contribution in [-0.4, -0.2) is 13.3 Å². The van der Waals surface area contributed by atoms with E-state index in [0.717, 1.165) is 22.3 Å². The Bertz CT molecular complexity index is 347. The summed E-state index contributed by atoms with van der Waals surface area (Å²) in [5.74, 6) is 0.883. The number of nitrogens with zero attached hydrogens (tertiary/aromatic N) is 1. The first-order valence-corrected chi connectivity index (χ1v) is 4.47. The third-order valence-corrected chi connectivity index (χ3v) is 2.55. The fraction of sp³-hybridized carbons (Fsp3) is 0.222. The molecule has 0 saturated heterocycles. The molecule has 0 saturated carbocycles. The van der Waals surface area contributed by atoms with Crippen molar-refractivity contribution in [2.45, 2.75) is 6.54 Å². The largest absolute Gasteiger partial charge is 0.495 e. The number of hydrogen-bond donors (Lipinski definition) is 0. The second-order valence-corrected chi connectivity index (χ2v) is 3.48. The first kappa shape index (κ1) is 7.80. The van der Waals surface area contributed by atoms with Crippen molar-refractivity contribution in [1.29, 1.82) is 0 Å². The molecule has 1 aliphatic heterocycles. The van der Waals surface area contributed by atoms with Gasteiger partial charge in [0.05, 0.1) is 18.1 Å². The predicted molar refractivity (Wildman–Crippen MR) is 52.0 cm³/mol. The third kappa shape index (κ3) is 1.05. The summed E-state index contributed by atoms with van der Waals surface area (Å²) in [6, 6.07) is 4.06. The van der Waals surface area contributed by atoms with E-state index < -0.39 is 0 Å². The maximum absolute atomic E-state index is 5.25. The Kier molecular flexibility index (Phi) is 1.89. The van der Waals surface area contributed by atoms with Gasteiger partial charge in [0.2, 0.25) is 0 Å². The van der Waals surface area contributed by atoms with E-state index in [1.54, 1.807) is 7.11 Å². The predicted octanol–water partition coefficient (Wildman–Crippen LogP) is 2.39. The molecule has 2 nitrogen and oxygen atoms in total. The van der Waals surface area contributed by atoms with E-state index in [4.69, 9.17) is 4.74 Å². The number of ether oxygens (including phenoxy) is 1. The van der Waals surface area contributed by atoms with Crippen molar-refractivity contribution >= 4 is 22.1 Å². The Balaban J connectivity index is 2.64. The first-order chi connectivity index (χ1) is 5.83. The monoisotopic (exact) mass is 225 g/mol. The lowest BCUT2D eigenvalue weighted by molar-refractivity contribution is 0.411. The first-order valence-electron chi connectivity index (χ1n) is 3.68. The average Bonchev–Trinajstić information content (AvgIpc) is 2.52. The highest BCUT2D eigenvalue weighted by molar-refractivity contribution is 9.10. The van der Waals surface area contributed by atoms with Crippen LogP contribution in [0.5, 0.6) is 5.75 Å². The summed E-state index contributed by atoms with van der Waals surface area (Å²) in [6.07, 6.45) is 1.86. The zero-order chi connectivity index (χ0) is 8.55.